The maximum atomic E-state index is 13.0. The summed E-state index contributed by atoms with van der Waals surface area (Å²) in [5.74, 6) is 0.759. The molecule has 0 spiro atoms. The van der Waals surface area contributed by atoms with Gasteiger partial charge in [-0.15, -0.1) is 0 Å². The summed E-state index contributed by atoms with van der Waals surface area (Å²) in [4.78, 5) is 25.4. The zero-order valence-electron chi connectivity index (χ0n) is 15.7. The monoisotopic (exact) mass is 392 g/mol. The fourth-order valence-corrected chi connectivity index (χ4v) is 2.63. The Morgan fingerprint density at radius 3 is 2.69 bits per heavy atom. The van der Waals surface area contributed by atoms with Crippen molar-refractivity contribution in [1.82, 2.24) is 24.7 Å². The lowest BCUT2D eigenvalue weighted by molar-refractivity contribution is 0.102. The first-order valence-corrected chi connectivity index (χ1v) is 8.91. The topological polar surface area (TPSA) is 98.7 Å². The van der Waals surface area contributed by atoms with Crippen molar-refractivity contribution in [2.75, 3.05) is 5.32 Å². The molecule has 0 aliphatic carbocycles. The highest BCUT2D eigenvalue weighted by molar-refractivity contribution is 6.02. The van der Waals surface area contributed by atoms with Crippen molar-refractivity contribution < 1.29 is 13.7 Å². The number of pyridine rings is 1. The lowest BCUT2D eigenvalue weighted by atomic mass is 10.2. The number of aromatic nitrogens is 5. The molecule has 4 rings (SSSR count). The maximum Gasteiger partial charge on any atom is 0.275 e. The number of carbonyl (C=O) groups excluding carboxylic acids is 1. The van der Waals surface area contributed by atoms with Crippen LogP contribution in [0.2, 0.25) is 0 Å². The molecule has 9 heteroatoms. The number of benzene rings is 1. The van der Waals surface area contributed by atoms with Crippen LogP contribution >= 0.6 is 0 Å². The number of hydrogen-bond acceptors (Lipinski definition) is 6. The molecule has 1 aromatic carbocycles. The highest BCUT2D eigenvalue weighted by Gasteiger charge is 2.18. The summed E-state index contributed by atoms with van der Waals surface area (Å²) in [6, 6.07) is 9.05. The molecule has 0 saturated carbocycles. The van der Waals surface area contributed by atoms with Gasteiger partial charge in [0.1, 0.15) is 17.8 Å². The fourth-order valence-electron chi connectivity index (χ4n) is 2.63. The van der Waals surface area contributed by atoms with Crippen molar-refractivity contribution >= 4 is 11.6 Å². The van der Waals surface area contributed by atoms with Crippen LogP contribution in [-0.4, -0.2) is 30.6 Å². The van der Waals surface area contributed by atoms with E-state index in [-0.39, 0.29) is 17.4 Å². The molecule has 1 amide bonds. The van der Waals surface area contributed by atoms with E-state index in [1.807, 2.05) is 13.8 Å². The van der Waals surface area contributed by atoms with Crippen LogP contribution in [0.15, 0.2) is 59.6 Å². The average molecular weight is 392 g/mol. The van der Waals surface area contributed by atoms with Crippen LogP contribution in [0.5, 0.6) is 0 Å². The number of anilines is 1. The zero-order chi connectivity index (χ0) is 20.4. The number of amides is 1. The Hall–Kier alpha value is -3.88. The van der Waals surface area contributed by atoms with Gasteiger partial charge < -0.3 is 9.84 Å². The number of hydrogen-bond donors (Lipinski definition) is 1. The average Bonchev–Trinajstić information content (AvgIpc) is 3.40. The smallest absolute Gasteiger partial charge is 0.275 e. The SMILES string of the molecule is CC(C)c1noc(-c2cccnc2-n2cnc(C(=O)Nc3ccc(F)cc3)c2)n1. The second kappa shape index (κ2) is 7.63. The summed E-state index contributed by atoms with van der Waals surface area (Å²) in [6.45, 7) is 3.95. The third kappa shape index (κ3) is 3.88. The molecule has 0 bridgehead atoms. The van der Waals surface area contributed by atoms with Crippen LogP contribution in [0.3, 0.4) is 0 Å². The number of halogens is 1. The van der Waals surface area contributed by atoms with E-state index in [0.717, 1.165) is 0 Å². The van der Waals surface area contributed by atoms with Gasteiger partial charge in [-0.25, -0.2) is 14.4 Å². The summed E-state index contributed by atoms with van der Waals surface area (Å²) in [6.07, 6.45) is 4.65. The van der Waals surface area contributed by atoms with Crippen LogP contribution in [0.1, 0.15) is 36.1 Å². The Bertz CT molecular complexity index is 1150. The summed E-state index contributed by atoms with van der Waals surface area (Å²) < 4.78 is 20.0. The van der Waals surface area contributed by atoms with Gasteiger partial charge in [0.2, 0.25) is 0 Å². The Morgan fingerprint density at radius 1 is 1.17 bits per heavy atom. The number of nitrogens with one attached hydrogen (secondary N) is 1. The van der Waals surface area contributed by atoms with Crippen molar-refractivity contribution in [2.24, 2.45) is 0 Å². The minimum Gasteiger partial charge on any atom is -0.334 e. The minimum absolute atomic E-state index is 0.127. The van der Waals surface area contributed by atoms with Crippen molar-refractivity contribution in [3.63, 3.8) is 0 Å². The van der Waals surface area contributed by atoms with E-state index >= 15 is 0 Å². The van der Waals surface area contributed by atoms with Crippen LogP contribution in [0.4, 0.5) is 10.1 Å². The van der Waals surface area contributed by atoms with Gasteiger partial charge in [-0.3, -0.25) is 9.36 Å². The quantitative estimate of drug-likeness (QED) is 0.554. The molecule has 3 aromatic heterocycles. The molecular formula is C20H17FN6O2. The van der Waals surface area contributed by atoms with Crippen LogP contribution in [0.25, 0.3) is 17.3 Å². The van der Waals surface area contributed by atoms with E-state index in [0.29, 0.717) is 28.8 Å². The third-order valence-electron chi connectivity index (χ3n) is 4.14. The molecule has 0 aliphatic rings. The van der Waals surface area contributed by atoms with Crippen LogP contribution < -0.4 is 5.32 Å². The van der Waals surface area contributed by atoms with Gasteiger partial charge in [-0.2, -0.15) is 4.98 Å². The molecule has 0 saturated heterocycles. The van der Waals surface area contributed by atoms with E-state index in [1.54, 1.807) is 29.1 Å². The number of carbonyl (C=O) groups is 1. The van der Waals surface area contributed by atoms with Gasteiger partial charge in [0.05, 0.1) is 5.56 Å². The normalized spacial score (nSPS) is 11.0. The number of rotatable bonds is 5. The summed E-state index contributed by atoms with van der Waals surface area (Å²) in [5, 5.41) is 6.65. The van der Waals surface area contributed by atoms with Gasteiger partial charge in [0.15, 0.2) is 11.6 Å². The molecule has 0 aliphatic heterocycles. The summed E-state index contributed by atoms with van der Waals surface area (Å²) in [7, 11) is 0. The van der Waals surface area contributed by atoms with Crippen molar-refractivity contribution in [3.05, 3.63) is 72.5 Å². The van der Waals surface area contributed by atoms with Crippen molar-refractivity contribution in [3.8, 4) is 17.3 Å². The Labute approximate surface area is 165 Å². The Morgan fingerprint density at radius 2 is 1.97 bits per heavy atom. The highest BCUT2D eigenvalue weighted by Crippen LogP contribution is 2.25. The predicted octanol–water partition coefficient (Wildman–Crippen LogP) is 3.83. The number of imidazole rings is 1. The second-order valence-electron chi connectivity index (χ2n) is 6.61. The molecule has 0 atom stereocenters. The molecule has 3 heterocycles. The zero-order valence-corrected chi connectivity index (χ0v) is 15.7. The first kappa shape index (κ1) is 18.5. The lowest BCUT2D eigenvalue weighted by Gasteiger charge is -2.05. The molecular weight excluding hydrogens is 375 g/mol. The van der Waals surface area contributed by atoms with E-state index in [4.69, 9.17) is 4.52 Å². The van der Waals surface area contributed by atoms with E-state index in [1.165, 1.54) is 30.6 Å². The third-order valence-corrected chi connectivity index (χ3v) is 4.14. The Kier molecular flexibility index (Phi) is 4.86. The maximum absolute atomic E-state index is 13.0. The lowest BCUT2D eigenvalue weighted by Crippen LogP contribution is -2.12. The molecule has 146 valence electrons. The van der Waals surface area contributed by atoms with Crippen LogP contribution in [0, 0.1) is 5.82 Å². The standard InChI is InChI=1S/C20H17FN6O2/c1-12(2)17-25-20(29-26-17)15-4-3-9-22-18(15)27-10-16(23-11-27)19(28)24-14-7-5-13(21)6-8-14/h3-12H,1-2H3,(H,24,28). The van der Waals surface area contributed by atoms with E-state index in [2.05, 4.69) is 25.4 Å². The highest BCUT2D eigenvalue weighted by atomic mass is 19.1. The number of nitrogens with zero attached hydrogens (tertiary/aromatic N) is 5. The van der Waals surface area contributed by atoms with Gasteiger partial charge in [-0.05, 0) is 36.4 Å². The van der Waals surface area contributed by atoms with Gasteiger partial charge >= 0.3 is 0 Å². The van der Waals surface area contributed by atoms with Gasteiger partial charge in [-0.1, -0.05) is 19.0 Å². The first-order valence-electron chi connectivity index (χ1n) is 8.91. The minimum atomic E-state index is -0.423. The predicted molar refractivity (Wildman–Crippen MR) is 103 cm³/mol. The van der Waals surface area contributed by atoms with Gasteiger partial charge in [0, 0.05) is 24.0 Å². The molecule has 0 fully saturated rings. The van der Waals surface area contributed by atoms with Crippen LogP contribution in [-0.2, 0) is 0 Å². The van der Waals surface area contributed by atoms with E-state index < -0.39 is 5.91 Å². The van der Waals surface area contributed by atoms with E-state index in [9.17, 15) is 9.18 Å². The van der Waals surface area contributed by atoms with Gasteiger partial charge in [0.25, 0.3) is 11.8 Å². The molecule has 0 unspecified atom stereocenters. The molecule has 8 nitrogen and oxygen atoms in total. The molecule has 1 N–H and O–H groups in total. The second-order valence-corrected chi connectivity index (χ2v) is 6.61. The molecule has 0 radical (unpaired) electrons. The van der Waals surface area contributed by atoms with Crippen molar-refractivity contribution in [1.29, 1.82) is 0 Å². The first-order chi connectivity index (χ1) is 14.0. The summed E-state index contributed by atoms with van der Waals surface area (Å²) >= 11 is 0. The molecule has 29 heavy (non-hydrogen) atoms. The Balaban J connectivity index is 1.61. The largest absolute Gasteiger partial charge is 0.334 e. The molecule has 4 aromatic rings. The van der Waals surface area contributed by atoms with Crippen molar-refractivity contribution in [2.45, 2.75) is 19.8 Å². The summed E-state index contributed by atoms with van der Waals surface area (Å²) in [5.41, 5.74) is 1.27. The fraction of sp³-hybridized carbons (Fsp3) is 0.150.